The van der Waals surface area contributed by atoms with Gasteiger partial charge in [0.05, 0.1) is 4.53 Å². The monoisotopic (exact) mass is 387 g/mol. The molecule has 0 spiro atoms. The average molecular weight is 388 g/mol. The number of benzene rings is 1. The van der Waals surface area contributed by atoms with E-state index in [9.17, 15) is 4.79 Å². The SMILES string of the molecule is O=c1/c(=C/C2CC=CCC2)sc2nc(-c3ccc(Br)cc3)nn12. The smallest absolute Gasteiger partial charge is 0.266 e. The Morgan fingerprint density at radius 2 is 2.09 bits per heavy atom. The first kappa shape index (κ1) is 14.8. The second-order valence-electron chi connectivity index (χ2n) is 5.62. The van der Waals surface area contributed by atoms with Gasteiger partial charge in [0.25, 0.3) is 5.56 Å². The molecule has 3 aromatic rings. The zero-order chi connectivity index (χ0) is 15.8. The van der Waals surface area contributed by atoms with E-state index in [1.54, 1.807) is 0 Å². The van der Waals surface area contributed by atoms with Crippen LogP contribution in [0, 0.1) is 5.92 Å². The molecule has 6 heteroatoms. The largest absolute Gasteiger partial charge is 0.290 e. The van der Waals surface area contributed by atoms with E-state index < -0.39 is 0 Å². The Morgan fingerprint density at radius 3 is 2.78 bits per heavy atom. The van der Waals surface area contributed by atoms with Crippen LogP contribution in [0.15, 0.2) is 45.7 Å². The summed E-state index contributed by atoms with van der Waals surface area (Å²) in [5.41, 5.74) is 0.849. The van der Waals surface area contributed by atoms with Crippen molar-refractivity contribution in [3.8, 4) is 11.4 Å². The molecule has 0 saturated heterocycles. The lowest BCUT2D eigenvalue weighted by molar-refractivity contribution is 0.612. The van der Waals surface area contributed by atoms with E-state index in [1.165, 1.54) is 15.9 Å². The second kappa shape index (κ2) is 6.02. The first-order valence-electron chi connectivity index (χ1n) is 7.53. The van der Waals surface area contributed by atoms with Gasteiger partial charge in [-0.3, -0.25) is 4.79 Å². The Bertz CT molecular complexity index is 987. The van der Waals surface area contributed by atoms with Crippen LogP contribution in [-0.2, 0) is 0 Å². The number of hydrogen-bond donors (Lipinski definition) is 0. The zero-order valence-electron chi connectivity index (χ0n) is 12.3. The van der Waals surface area contributed by atoms with Crippen molar-refractivity contribution in [1.82, 2.24) is 14.6 Å². The fourth-order valence-electron chi connectivity index (χ4n) is 2.75. The van der Waals surface area contributed by atoms with Gasteiger partial charge in [-0.2, -0.15) is 9.50 Å². The Balaban J connectivity index is 1.74. The molecule has 0 radical (unpaired) electrons. The fraction of sp³-hybridized carbons (Fsp3) is 0.235. The van der Waals surface area contributed by atoms with Crippen LogP contribution < -0.4 is 10.1 Å². The van der Waals surface area contributed by atoms with E-state index in [2.05, 4.69) is 44.2 Å². The minimum Gasteiger partial charge on any atom is -0.266 e. The van der Waals surface area contributed by atoms with E-state index in [0.717, 1.165) is 33.8 Å². The molecule has 1 aliphatic rings. The fourth-order valence-corrected chi connectivity index (χ4v) is 3.99. The lowest BCUT2D eigenvalue weighted by Crippen LogP contribution is -2.25. The van der Waals surface area contributed by atoms with E-state index in [4.69, 9.17) is 0 Å². The molecule has 1 aromatic carbocycles. The number of thiazole rings is 1. The molecule has 0 amide bonds. The van der Waals surface area contributed by atoms with E-state index in [-0.39, 0.29) is 5.56 Å². The van der Waals surface area contributed by atoms with Gasteiger partial charge >= 0.3 is 0 Å². The molecule has 1 aliphatic carbocycles. The summed E-state index contributed by atoms with van der Waals surface area (Å²) >= 11 is 4.83. The Morgan fingerprint density at radius 1 is 1.26 bits per heavy atom. The minimum absolute atomic E-state index is 0.0598. The van der Waals surface area contributed by atoms with Crippen molar-refractivity contribution in [2.24, 2.45) is 5.92 Å². The summed E-state index contributed by atoms with van der Waals surface area (Å²) in [6, 6.07) is 7.77. The lowest BCUT2D eigenvalue weighted by Gasteiger charge is -2.11. The van der Waals surface area contributed by atoms with Crippen LogP contribution in [0.25, 0.3) is 22.4 Å². The maximum absolute atomic E-state index is 12.5. The van der Waals surface area contributed by atoms with Gasteiger partial charge in [-0.05, 0) is 37.3 Å². The molecule has 0 bridgehead atoms. The number of halogens is 1. The molecule has 2 aromatic heterocycles. The van der Waals surface area contributed by atoms with Crippen molar-refractivity contribution in [2.75, 3.05) is 0 Å². The van der Waals surface area contributed by atoms with Gasteiger partial charge in [0.2, 0.25) is 4.96 Å². The summed E-state index contributed by atoms with van der Waals surface area (Å²) in [4.78, 5) is 17.7. The van der Waals surface area contributed by atoms with Crippen molar-refractivity contribution >= 4 is 38.3 Å². The van der Waals surface area contributed by atoms with Gasteiger partial charge in [-0.1, -0.05) is 57.6 Å². The summed E-state index contributed by atoms with van der Waals surface area (Å²) in [5.74, 6) is 1.04. The third-order valence-corrected chi connectivity index (χ3v) is 5.49. The highest BCUT2D eigenvalue weighted by molar-refractivity contribution is 9.10. The van der Waals surface area contributed by atoms with Crippen LogP contribution in [-0.4, -0.2) is 14.6 Å². The normalized spacial score (nSPS) is 18.8. The van der Waals surface area contributed by atoms with Crippen LogP contribution in [0.4, 0.5) is 0 Å². The Labute approximate surface area is 145 Å². The summed E-state index contributed by atoms with van der Waals surface area (Å²) in [6.07, 6.45) is 9.69. The third kappa shape index (κ3) is 2.88. The summed E-state index contributed by atoms with van der Waals surface area (Å²) < 4.78 is 3.18. The van der Waals surface area contributed by atoms with Gasteiger partial charge in [0, 0.05) is 10.0 Å². The maximum atomic E-state index is 12.5. The van der Waals surface area contributed by atoms with Crippen molar-refractivity contribution in [1.29, 1.82) is 0 Å². The molecule has 116 valence electrons. The Hall–Kier alpha value is -1.79. The molecule has 4 nitrogen and oxygen atoms in total. The third-order valence-electron chi connectivity index (χ3n) is 3.98. The van der Waals surface area contributed by atoms with Crippen LogP contribution in [0.3, 0.4) is 0 Å². The summed E-state index contributed by atoms with van der Waals surface area (Å²) in [6.45, 7) is 0. The highest BCUT2D eigenvalue weighted by atomic mass is 79.9. The quantitative estimate of drug-likeness (QED) is 0.632. The number of fused-ring (bicyclic) bond motifs is 1. The lowest BCUT2D eigenvalue weighted by atomic mass is 9.94. The first-order valence-corrected chi connectivity index (χ1v) is 9.14. The highest BCUT2D eigenvalue weighted by Crippen LogP contribution is 2.21. The molecule has 0 aliphatic heterocycles. The molecule has 1 unspecified atom stereocenters. The summed E-state index contributed by atoms with van der Waals surface area (Å²) in [7, 11) is 0. The first-order chi connectivity index (χ1) is 11.2. The number of hydrogen-bond acceptors (Lipinski definition) is 4. The topological polar surface area (TPSA) is 47.3 Å². The molecule has 23 heavy (non-hydrogen) atoms. The molecular formula is C17H14BrN3OS. The standard InChI is InChI=1S/C17H14BrN3OS/c18-13-8-6-12(7-9-13)15-19-17-21(20-15)16(22)14(23-17)10-11-4-2-1-3-5-11/h1-2,6-11H,3-5H2/b14-10-. The van der Waals surface area contributed by atoms with Gasteiger partial charge in [0.1, 0.15) is 0 Å². The maximum Gasteiger partial charge on any atom is 0.290 e. The van der Waals surface area contributed by atoms with Gasteiger partial charge in [-0.15, -0.1) is 5.10 Å². The molecule has 2 heterocycles. The zero-order valence-corrected chi connectivity index (χ0v) is 14.7. The average Bonchev–Trinajstić information content (AvgIpc) is 3.10. The molecule has 1 atom stereocenters. The van der Waals surface area contributed by atoms with Crippen molar-refractivity contribution in [3.63, 3.8) is 0 Å². The number of aromatic nitrogens is 3. The number of rotatable bonds is 2. The minimum atomic E-state index is -0.0598. The van der Waals surface area contributed by atoms with Gasteiger partial charge in [0.15, 0.2) is 5.82 Å². The summed E-state index contributed by atoms with van der Waals surface area (Å²) in [5, 5.41) is 4.38. The highest BCUT2D eigenvalue weighted by Gasteiger charge is 2.13. The van der Waals surface area contributed by atoms with E-state index in [0.29, 0.717) is 16.7 Å². The molecular weight excluding hydrogens is 374 g/mol. The van der Waals surface area contributed by atoms with E-state index >= 15 is 0 Å². The Kier molecular flexibility index (Phi) is 3.87. The predicted molar refractivity (Wildman–Crippen MR) is 96.4 cm³/mol. The van der Waals surface area contributed by atoms with Crippen LogP contribution in [0.2, 0.25) is 0 Å². The number of allylic oxidation sites excluding steroid dienone is 2. The molecule has 0 fully saturated rings. The van der Waals surface area contributed by atoms with Gasteiger partial charge in [-0.25, -0.2) is 0 Å². The van der Waals surface area contributed by atoms with Crippen molar-refractivity contribution in [2.45, 2.75) is 19.3 Å². The van der Waals surface area contributed by atoms with Crippen LogP contribution in [0.5, 0.6) is 0 Å². The molecule has 0 saturated carbocycles. The second-order valence-corrected chi connectivity index (χ2v) is 7.54. The number of nitrogens with zero attached hydrogens (tertiary/aromatic N) is 3. The van der Waals surface area contributed by atoms with Gasteiger partial charge < -0.3 is 0 Å². The molecule has 0 N–H and O–H groups in total. The van der Waals surface area contributed by atoms with E-state index in [1.807, 2.05) is 24.3 Å². The van der Waals surface area contributed by atoms with Crippen molar-refractivity contribution in [3.05, 3.63) is 55.8 Å². The van der Waals surface area contributed by atoms with Crippen LogP contribution in [0.1, 0.15) is 19.3 Å². The van der Waals surface area contributed by atoms with Crippen LogP contribution >= 0.6 is 27.3 Å². The molecule has 4 rings (SSSR count). The van der Waals surface area contributed by atoms with Crippen molar-refractivity contribution < 1.29 is 0 Å². The predicted octanol–water partition coefficient (Wildman–Crippen LogP) is 3.44.